The molecule has 4 heteroatoms. The number of halogens is 1. The third kappa shape index (κ3) is 3.95. The summed E-state index contributed by atoms with van der Waals surface area (Å²) < 4.78 is 0. The first-order chi connectivity index (χ1) is 9.20. The average molecular weight is 281 g/mol. The first-order valence-corrected chi connectivity index (χ1v) is 7.21. The predicted octanol–water partition coefficient (Wildman–Crippen LogP) is 3.60. The first kappa shape index (κ1) is 14.4. The molecule has 0 aromatic heterocycles. The Morgan fingerprint density at radius 3 is 2.58 bits per heavy atom. The van der Waals surface area contributed by atoms with Crippen LogP contribution in [0.5, 0.6) is 0 Å². The molecule has 19 heavy (non-hydrogen) atoms. The van der Waals surface area contributed by atoms with Gasteiger partial charge in [0.1, 0.15) is 12.8 Å². The van der Waals surface area contributed by atoms with Crippen LogP contribution in [0.15, 0.2) is 29.4 Å². The summed E-state index contributed by atoms with van der Waals surface area (Å²) in [5, 5.41) is 4.83. The van der Waals surface area contributed by atoms with Crippen LogP contribution in [0.4, 0.5) is 0 Å². The molecular weight excluding hydrogens is 260 g/mol. The van der Waals surface area contributed by atoms with E-state index >= 15 is 0 Å². The van der Waals surface area contributed by atoms with E-state index in [1.54, 1.807) is 7.11 Å². The average Bonchev–Trinajstić information content (AvgIpc) is 2.90. The lowest BCUT2D eigenvalue weighted by molar-refractivity contribution is 0.212. The van der Waals surface area contributed by atoms with Crippen LogP contribution in [0.3, 0.4) is 0 Å². The molecule has 1 aromatic rings. The van der Waals surface area contributed by atoms with Crippen LogP contribution in [0, 0.1) is 5.92 Å². The summed E-state index contributed by atoms with van der Waals surface area (Å²) in [4.78, 5) is 4.95. The molecule has 1 aliphatic carbocycles. The van der Waals surface area contributed by atoms with Crippen LogP contribution >= 0.6 is 11.6 Å². The first-order valence-electron chi connectivity index (χ1n) is 6.83. The smallest absolute Gasteiger partial charge is 0.106 e. The fraction of sp³-hybridized carbons (Fsp3) is 0.533. The second-order valence-electron chi connectivity index (χ2n) is 5.16. The molecule has 0 amide bonds. The summed E-state index contributed by atoms with van der Waals surface area (Å²) in [7, 11) is 1.55. The summed E-state index contributed by atoms with van der Waals surface area (Å²) in [5.74, 6) is 0.726. The van der Waals surface area contributed by atoms with E-state index < -0.39 is 0 Å². The highest BCUT2D eigenvalue weighted by Gasteiger charge is 2.22. The molecule has 0 bridgehead atoms. The van der Waals surface area contributed by atoms with E-state index in [0.29, 0.717) is 5.02 Å². The van der Waals surface area contributed by atoms with E-state index in [0.717, 1.165) is 23.6 Å². The van der Waals surface area contributed by atoms with Gasteiger partial charge in [-0.3, -0.25) is 0 Å². The second kappa shape index (κ2) is 6.92. The van der Waals surface area contributed by atoms with Gasteiger partial charge in [-0.05, 0) is 24.5 Å². The number of hydrogen-bond acceptors (Lipinski definition) is 3. The summed E-state index contributed by atoms with van der Waals surface area (Å²) >= 11 is 5.91. The monoisotopic (exact) mass is 280 g/mol. The van der Waals surface area contributed by atoms with Gasteiger partial charge in [0.2, 0.25) is 0 Å². The van der Waals surface area contributed by atoms with Crippen molar-refractivity contribution in [1.82, 2.24) is 0 Å². The van der Waals surface area contributed by atoms with Crippen molar-refractivity contribution in [3.05, 3.63) is 34.9 Å². The van der Waals surface area contributed by atoms with Crippen LogP contribution in [0.25, 0.3) is 0 Å². The third-order valence-electron chi connectivity index (χ3n) is 3.74. The fourth-order valence-corrected chi connectivity index (χ4v) is 2.90. The zero-order chi connectivity index (χ0) is 13.7. The van der Waals surface area contributed by atoms with Crippen molar-refractivity contribution >= 4 is 17.3 Å². The number of oxime groups is 1. The largest absolute Gasteiger partial charge is 0.399 e. The van der Waals surface area contributed by atoms with Crippen molar-refractivity contribution in [3.63, 3.8) is 0 Å². The lowest BCUT2D eigenvalue weighted by Crippen LogP contribution is -2.33. The number of nitrogens with two attached hydrogens (primary N) is 1. The minimum absolute atomic E-state index is 0.0794. The number of hydrogen-bond donors (Lipinski definition) is 1. The number of nitrogens with zero attached hydrogens (tertiary/aromatic N) is 1. The molecule has 1 aliphatic rings. The molecule has 0 spiro atoms. The van der Waals surface area contributed by atoms with E-state index in [4.69, 9.17) is 22.2 Å². The van der Waals surface area contributed by atoms with Crippen molar-refractivity contribution in [2.24, 2.45) is 16.8 Å². The Bertz CT molecular complexity index is 424. The lowest BCUT2D eigenvalue weighted by Gasteiger charge is -2.18. The van der Waals surface area contributed by atoms with E-state index in [1.165, 1.54) is 25.7 Å². The number of rotatable bonds is 5. The van der Waals surface area contributed by atoms with Crippen molar-refractivity contribution < 1.29 is 4.84 Å². The van der Waals surface area contributed by atoms with Gasteiger partial charge in [-0.1, -0.05) is 54.6 Å². The minimum atomic E-state index is -0.0794. The molecule has 1 atom stereocenters. The Morgan fingerprint density at radius 2 is 2.00 bits per heavy atom. The molecule has 104 valence electrons. The molecule has 2 rings (SSSR count). The highest BCUT2D eigenvalue weighted by Crippen LogP contribution is 2.29. The lowest BCUT2D eigenvalue weighted by atomic mass is 9.93. The Balaban J connectivity index is 2.10. The van der Waals surface area contributed by atoms with Gasteiger partial charge >= 0.3 is 0 Å². The maximum Gasteiger partial charge on any atom is 0.106 e. The van der Waals surface area contributed by atoms with Gasteiger partial charge in [0, 0.05) is 10.6 Å². The molecular formula is C15H21ClN2O. The van der Waals surface area contributed by atoms with Gasteiger partial charge in [-0.2, -0.15) is 0 Å². The van der Waals surface area contributed by atoms with Crippen LogP contribution in [0.1, 0.15) is 37.7 Å². The Labute approximate surface area is 119 Å². The van der Waals surface area contributed by atoms with E-state index in [2.05, 4.69) is 5.16 Å². The van der Waals surface area contributed by atoms with Gasteiger partial charge in [0.15, 0.2) is 0 Å². The van der Waals surface area contributed by atoms with Crippen LogP contribution in [-0.2, 0) is 4.84 Å². The molecule has 0 saturated heterocycles. The van der Waals surface area contributed by atoms with Gasteiger partial charge in [-0.15, -0.1) is 0 Å². The zero-order valence-corrected chi connectivity index (χ0v) is 12.1. The fourth-order valence-electron chi connectivity index (χ4n) is 2.77. The van der Waals surface area contributed by atoms with Crippen molar-refractivity contribution in [2.75, 3.05) is 7.11 Å². The molecule has 1 aromatic carbocycles. The van der Waals surface area contributed by atoms with Gasteiger partial charge < -0.3 is 10.6 Å². The summed E-state index contributed by atoms with van der Waals surface area (Å²) in [6.07, 6.45) is 6.21. The molecule has 0 aliphatic heterocycles. The van der Waals surface area contributed by atoms with Gasteiger partial charge in [-0.25, -0.2) is 0 Å². The SMILES string of the molecule is CO/N=C(/c1ccc(Cl)cc1)C(N)CC1CCCC1. The predicted molar refractivity (Wildman–Crippen MR) is 79.5 cm³/mol. The molecule has 1 fully saturated rings. The standard InChI is InChI=1S/C15H21ClN2O/c1-19-18-15(12-6-8-13(16)9-7-12)14(17)10-11-4-2-3-5-11/h6-9,11,14H,2-5,10,17H2,1H3/b18-15-. The topological polar surface area (TPSA) is 47.6 Å². The van der Waals surface area contributed by atoms with Crippen LogP contribution in [0.2, 0.25) is 5.02 Å². The summed E-state index contributed by atoms with van der Waals surface area (Å²) in [5.41, 5.74) is 8.10. The third-order valence-corrected chi connectivity index (χ3v) is 3.99. The van der Waals surface area contributed by atoms with Crippen molar-refractivity contribution in [3.8, 4) is 0 Å². The van der Waals surface area contributed by atoms with Crippen molar-refractivity contribution in [2.45, 2.75) is 38.1 Å². The van der Waals surface area contributed by atoms with E-state index in [9.17, 15) is 0 Å². The Hall–Kier alpha value is -1.06. The molecule has 2 N–H and O–H groups in total. The zero-order valence-electron chi connectivity index (χ0n) is 11.3. The number of benzene rings is 1. The molecule has 1 unspecified atom stereocenters. The maximum atomic E-state index is 6.31. The molecule has 0 heterocycles. The Kier molecular flexibility index (Phi) is 5.23. The molecule has 3 nitrogen and oxygen atoms in total. The highest BCUT2D eigenvalue weighted by molar-refractivity contribution is 6.30. The van der Waals surface area contributed by atoms with Crippen LogP contribution in [-0.4, -0.2) is 18.9 Å². The van der Waals surface area contributed by atoms with E-state index in [-0.39, 0.29) is 6.04 Å². The molecule has 1 saturated carbocycles. The Morgan fingerprint density at radius 1 is 1.37 bits per heavy atom. The van der Waals surface area contributed by atoms with Crippen LogP contribution < -0.4 is 5.73 Å². The van der Waals surface area contributed by atoms with E-state index in [1.807, 2.05) is 24.3 Å². The minimum Gasteiger partial charge on any atom is -0.399 e. The summed E-state index contributed by atoms with van der Waals surface area (Å²) in [6.45, 7) is 0. The quantitative estimate of drug-likeness (QED) is 0.662. The molecule has 0 radical (unpaired) electrons. The van der Waals surface area contributed by atoms with Gasteiger partial charge in [0.05, 0.1) is 6.04 Å². The second-order valence-corrected chi connectivity index (χ2v) is 5.60. The van der Waals surface area contributed by atoms with Gasteiger partial charge in [0.25, 0.3) is 0 Å². The summed E-state index contributed by atoms with van der Waals surface area (Å²) in [6, 6.07) is 7.50. The van der Waals surface area contributed by atoms with Crippen molar-refractivity contribution in [1.29, 1.82) is 0 Å². The normalized spacial score (nSPS) is 18.6. The maximum absolute atomic E-state index is 6.31. The highest BCUT2D eigenvalue weighted by atomic mass is 35.5.